The number of nitrogens with one attached hydrogen (secondary N) is 1. The fourth-order valence-electron chi connectivity index (χ4n) is 1.48. The Bertz CT molecular complexity index is 115. The standard InChI is InChI=1S/C9H21N3O/c10-2-4-11-3-1-5-12-6-8-13-9-7-12/h11H,1-10H2. The van der Waals surface area contributed by atoms with Gasteiger partial charge in [-0.05, 0) is 19.5 Å². The maximum absolute atomic E-state index is 5.36. The van der Waals surface area contributed by atoms with E-state index in [0.29, 0.717) is 0 Å². The summed E-state index contributed by atoms with van der Waals surface area (Å²) in [6.45, 7) is 7.91. The third-order valence-corrected chi connectivity index (χ3v) is 2.25. The fourth-order valence-corrected chi connectivity index (χ4v) is 1.48. The van der Waals surface area contributed by atoms with E-state index in [1.807, 2.05) is 0 Å². The molecule has 0 atom stereocenters. The van der Waals surface area contributed by atoms with Crippen molar-refractivity contribution in [2.45, 2.75) is 6.42 Å². The Hall–Kier alpha value is -0.160. The summed E-state index contributed by atoms with van der Waals surface area (Å²) in [5.74, 6) is 0. The zero-order valence-electron chi connectivity index (χ0n) is 8.30. The Morgan fingerprint density at radius 3 is 2.69 bits per heavy atom. The molecule has 4 nitrogen and oxygen atoms in total. The van der Waals surface area contributed by atoms with Crippen LogP contribution in [-0.2, 0) is 4.74 Å². The molecule has 4 heteroatoms. The highest BCUT2D eigenvalue weighted by atomic mass is 16.5. The second-order valence-electron chi connectivity index (χ2n) is 3.35. The minimum atomic E-state index is 0.734. The van der Waals surface area contributed by atoms with Gasteiger partial charge in [0, 0.05) is 26.2 Å². The van der Waals surface area contributed by atoms with Gasteiger partial charge in [-0.15, -0.1) is 0 Å². The molecule has 1 saturated heterocycles. The summed E-state index contributed by atoms with van der Waals surface area (Å²) in [7, 11) is 0. The quantitative estimate of drug-likeness (QED) is 0.538. The molecule has 0 aliphatic carbocycles. The van der Waals surface area contributed by atoms with Crippen LogP contribution in [0, 0.1) is 0 Å². The maximum Gasteiger partial charge on any atom is 0.0594 e. The Balaban J connectivity index is 1.86. The fraction of sp³-hybridized carbons (Fsp3) is 1.00. The summed E-state index contributed by atoms with van der Waals surface area (Å²) in [6.07, 6.45) is 1.21. The summed E-state index contributed by atoms with van der Waals surface area (Å²) < 4.78 is 5.27. The molecule has 3 N–H and O–H groups in total. The highest BCUT2D eigenvalue weighted by molar-refractivity contribution is 4.62. The predicted octanol–water partition coefficient (Wildman–Crippen LogP) is -0.743. The number of hydrogen-bond donors (Lipinski definition) is 2. The molecule has 13 heavy (non-hydrogen) atoms. The van der Waals surface area contributed by atoms with E-state index in [1.54, 1.807) is 0 Å². The zero-order chi connectivity index (χ0) is 9.36. The number of morpholine rings is 1. The summed E-state index contributed by atoms with van der Waals surface area (Å²) >= 11 is 0. The number of hydrogen-bond acceptors (Lipinski definition) is 4. The van der Waals surface area contributed by atoms with E-state index < -0.39 is 0 Å². The van der Waals surface area contributed by atoms with Gasteiger partial charge in [-0.2, -0.15) is 0 Å². The van der Waals surface area contributed by atoms with E-state index in [0.717, 1.165) is 45.9 Å². The average molecular weight is 187 g/mol. The molecule has 78 valence electrons. The molecule has 0 aromatic rings. The van der Waals surface area contributed by atoms with Crippen LogP contribution < -0.4 is 11.1 Å². The van der Waals surface area contributed by atoms with Gasteiger partial charge in [0.25, 0.3) is 0 Å². The van der Waals surface area contributed by atoms with Gasteiger partial charge in [-0.25, -0.2) is 0 Å². The lowest BCUT2D eigenvalue weighted by atomic mass is 10.3. The topological polar surface area (TPSA) is 50.5 Å². The molecule has 1 aliphatic rings. The first-order chi connectivity index (χ1) is 6.43. The average Bonchev–Trinajstić information content (AvgIpc) is 2.19. The van der Waals surface area contributed by atoms with Crippen molar-refractivity contribution in [1.82, 2.24) is 10.2 Å². The number of ether oxygens (including phenoxy) is 1. The highest BCUT2D eigenvalue weighted by Gasteiger charge is 2.08. The van der Waals surface area contributed by atoms with Crippen LogP contribution in [0.5, 0.6) is 0 Å². The zero-order valence-corrected chi connectivity index (χ0v) is 8.30. The minimum Gasteiger partial charge on any atom is -0.379 e. The molecular weight excluding hydrogens is 166 g/mol. The SMILES string of the molecule is NCCNCCCN1CCOCC1. The third kappa shape index (κ3) is 5.21. The lowest BCUT2D eigenvalue weighted by Crippen LogP contribution is -2.38. The molecule has 1 rings (SSSR count). The van der Waals surface area contributed by atoms with Crippen molar-refractivity contribution in [2.75, 3.05) is 52.5 Å². The first-order valence-corrected chi connectivity index (χ1v) is 5.14. The maximum atomic E-state index is 5.36. The molecule has 0 amide bonds. The van der Waals surface area contributed by atoms with E-state index in [1.165, 1.54) is 13.0 Å². The number of nitrogens with two attached hydrogens (primary N) is 1. The van der Waals surface area contributed by atoms with Crippen LogP contribution in [-0.4, -0.2) is 57.4 Å². The molecule has 1 aliphatic heterocycles. The van der Waals surface area contributed by atoms with Crippen LogP contribution in [0.15, 0.2) is 0 Å². The van der Waals surface area contributed by atoms with E-state index in [-0.39, 0.29) is 0 Å². The molecule has 0 bridgehead atoms. The molecule has 0 aromatic carbocycles. The van der Waals surface area contributed by atoms with Crippen molar-refractivity contribution in [3.05, 3.63) is 0 Å². The largest absolute Gasteiger partial charge is 0.379 e. The number of rotatable bonds is 6. The van der Waals surface area contributed by atoms with Gasteiger partial charge in [-0.1, -0.05) is 0 Å². The van der Waals surface area contributed by atoms with Crippen LogP contribution in [0.4, 0.5) is 0 Å². The molecule has 0 spiro atoms. The van der Waals surface area contributed by atoms with E-state index in [4.69, 9.17) is 10.5 Å². The molecule has 0 radical (unpaired) electrons. The summed E-state index contributed by atoms with van der Waals surface area (Å²) in [4.78, 5) is 2.45. The van der Waals surface area contributed by atoms with E-state index in [9.17, 15) is 0 Å². The monoisotopic (exact) mass is 187 g/mol. The number of nitrogens with zero attached hydrogens (tertiary/aromatic N) is 1. The van der Waals surface area contributed by atoms with Gasteiger partial charge >= 0.3 is 0 Å². The predicted molar refractivity (Wildman–Crippen MR) is 53.8 cm³/mol. The van der Waals surface area contributed by atoms with Gasteiger partial charge in [0.2, 0.25) is 0 Å². The van der Waals surface area contributed by atoms with Gasteiger partial charge in [0.1, 0.15) is 0 Å². The van der Waals surface area contributed by atoms with Gasteiger partial charge < -0.3 is 15.8 Å². The second-order valence-corrected chi connectivity index (χ2v) is 3.35. The molecule has 1 heterocycles. The van der Waals surface area contributed by atoms with Crippen molar-refractivity contribution in [2.24, 2.45) is 5.73 Å². The van der Waals surface area contributed by atoms with Gasteiger partial charge in [-0.3, -0.25) is 4.90 Å². The smallest absolute Gasteiger partial charge is 0.0594 e. The summed E-state index contributed by atoms with van der Waals surface area (Å²) in [5, 5.41) is 3.29. The Morgan fingerprint density at radius 2 is 2.00 bits per heavy atom. The van der Waals surface area contributed by atoms with Crippen LogP contribution >= 0.6 is 0 Å². The highest BCUT2D eigenvalue weighted by Crippen LogP contribution is 1.96. The summed E-state index contributed by atoms with van der Waals surface area (Å²) in [5.41, 5.74) is 5.36. The van der Waals surface area contributed by atoms with Crippen LogP contribution in [0.3, 0.4) is 0 Å². The molecule has 1 fully saturated rings. The molecular formula is C9H21N3O. The first-order valence-electron chi connectivity index (χ1n) is 5.14. The summed E-state index contributed by atoms with van der Waals surface area (Å²) in [6, 6.07) is 0. The van der Waals surface area contributed by atoms with Crippen LogP contribution in [0.1, 0.15) is 6.42 Å². The van der Waals surface area contributed by atoms with E-state index in [2.05, 4.69) is 10.2 Å². The van der Waals surface area contributed by atoms with Crippen molar-refractivity contribution >= 4 is 0 Å². The van der Waals surface area contributed by atoms with Crippen LogP contribution in [0.2, 0.25) is 0 Å². The molecule has 0 saturated carbocycles. The normalized spacial score (nSPS) is 19.2. The third-order valence-electron chi connectivity index (χ3n) is 2.25. The van der Waals surface area contributed by atoms with Crippen molar-refractivity contribution < 1.29 is 4.74 Å². The van der Waals surface area contributed by atoms with Gasteiger partial charge in [0.15, 0.2) is 0 Å². The lowest BCUT2D eigenvalue weighted by Gasteiger charge is -2.26. The lowest BCUT2D eigenvalue weighted by molar-refractivity contribution is 0.0375. The van der Waals surface area contributed by atoms with Gasteiger partial charge in [0.05, 0.1) is 13.2 Å². The Kier molecular flexibility index (Phi) is 6.10. The first kappa shape index (κ1) is 10.9. The van der Waals surface area contributed by atoms with Crippen molar-refractivity contribution in [1.29, 1.82) is 0 Å². The molecule has 0 aromatic heterocycles. The second kappa shape index (κ2) is 7.26. The van der Waals surface area contributed by atoms with Crippen LogP contribution in [0.25, 0.3) is 0 Å². The Morgan fingerprint density at radius 1 is 1.23 bits per heavy atom. The van der Waals surface area contributed by atoms with E-state index >= 15 is 0 Å². The minimum absolute atomic E-state index is 0.734. The van der Waals surface area contributed by atoms with Crippen molar-refractivity contribution in [3.8, 4) is 0 Å². The van der Waals surface area contributed by atoms with Crippen molar-refractivity contribution in [3.63, 3.8) is 0 Å². The Labute approximate surface area is 80.4 Å². The molecule has 0 unspecified atom stereocenters.